The number of hydrogen-bond donors (Lipinski definition) is 1. The minimum absolute atomic E-state index is 0.0381. The summed E-state index contributed by atoms with van der Waals surface area (Å²) in [5.74, 6) is 0.492. The second-order valence-electron chi connectivity index (χ2n) is 4.43. The Bertz CT molecular complexity index is 630. The second kappa shape index (κ2) is 7.40. The van der Waals surface area contributed by atoms with Crippen LogP contribution in [0.3, 0.4) is 0 Å². The van der Waals surface area contributed by atoms with Gasteiger partial charge >= 0.3 is 0 Å². The Morgan fingerprint density at radius 2 is 2.19 bits per heavy atom. The van der Waals surface area contributed by atoms with Gasteiger partial charge in [0.15, 0.2) is 0 Å². The van der Waals surface area contributed by atoms with Gasteiger partial charge in [0, 0.05) is 24.0 Å². The average Bonchev–Trinajstić information content (AvgIpc) is 2.88. The number of methoxy groups -OCH3 is 1. The summed E-state index contributed by atoms with van der Waals surface area (Å²) in [7, 11) is 1.50. The summed E-state index contributed by atoms with van der Waals surface area (Å²) >= 11 is 7.43. The summed E-state index contributed by atoms with van der Waals surface area (Å²) in [6, 6.07) is 8.65. The average molecular weight is 327 g/mol. The highest BCUT2D eigenvalue weighted by atomic mass is 35.5. The molecule has 0 bridgehead atoms. The molecular weight excluding hydrogens is 312 g/mol. The van der Waals surface area contributed by atoms with Gasteiger partial charge in [-0.05, 0) is 30.2 Å². The zero-order chi connectivity index (χ0) is 15.2. The van der Waals surface area contributed by atoms with Gasteiger partial charge in [-0.1, -0.05) is 11.6 Å². The molecule has 0 aliphatic heterocycles. The molecule has 1 aromatic carbocycles. The molecule has 7 heteroatoms. The Kier molecular flexibility index (Phi) is 5.55. The van der Waals surface area contributed by atoms with E-state index in [2.05, 4.69) is 5.32 Å². The number of nitrogens with zero attached hydrogens (tertiary/aromatic N) is 1. The molecule has 0 amide bonds. The van der Waals surface area contributed by atoms with Gasteiger partial charge in [-0.25, -0.2) is 0 Å². The van der Waals surface area contributed by atoms with Crippen molar-refractivity contribution >= 4 is 28.6 Å². The van der Waals surface area contributed by atoms with Gasteiger partial charge < -0.3 is 10.1 Å². The third kappa shape index (κ3) is 4.70. The number of benzene rings is 1. The van der Waals surface area contributed by atoms with Gasteiger partial charge in [-0.2, -0.15) is 0 Å². The highest BCUT2D eigenvalue weighted by Gasteiger charge is 2.10. The van der Waals surface area contributed by atoms with Crippen LogP contribution in [0.2, 0.25) is 4.34 Å². The van der Waals surface area contributed by atoms with Crippen molar-refractivity contribution in [1.29, 1.82) is 0 Å². The molecule has 2 aromatic rings. The van der Waals surface area contributed by atoms with Gasteiger partial charge in [0.1, 0.15) is 5.75 Å². The SMILES string of the molecule is COc1cc(CNCCc2ccc(Cl)s2)cc([N+](=O)[O-])c1. The van der Waals surface area contributed by atoms with Crippen LogP contribution in [0.25, 0.3) is 0 Å². The highest BCUT2D eigenvalue weighted by Crippen LogP contribution is 2.23. The van der Waals surface area contributed by atoms with Crippen LogP contribution in [0.15, 0.2) is 30.3 Å². The lowest BCUT2D eigenvalue weighted by Gasteiger charge is -2.06. The van der Waals surface area contributed by atoms with E-state index in [-0.39, 0.29) is 5.69 Å². The third-order valence-corrected chi connectivity index (χ3v) is 4.19. The normalized spacial score (nSPS) is 10.6. The Morgan fingerprint density at radius 3 is 2.81 bits per heavy atom. The number of hydrogen-bond acceptors (Lipinski definition) is 5. The van der Waals surface area contributed by atoms with Crippen molar-refractivity contribution in [3.63, 3.8) is 0 Å². The molecule has 0 saturated heterocycles. The summed E-state index contributed by atoms with van der Waals surface area (Å²) in [5, 5.41) is 14.1. The third-order valence-electron chi connectivity index (χ3n) is 2.90. The topological polar surface area (TPSA) is 64.4 Å². The van der Waals surface area contributed by atoms with Crippen molar-refractivity contribution in [2.75, 3.05) is 13.7 Å². The molecule has 1 heterocycles. The number of nitro groups is 1. The molecule has 2 rings (SSSR count). The summed E-state index contributed by atoms with van der Waals surface area (Å²) in [4.78, 5) is 11.7. The van der Waals surface area contributed by atoms with Crippen LogP contribution in [0.1, 0.15) is 10.4 Å². The van der Waals surface area contributed by atoms with Gasteiger partial charge in [-0.15, -0.1) is 11.3 Å². The number of nitro benzene ring substituents is 1. The van der Waals surface area contributed by atoms with Crippen molar-refractivity contribution in [2.24, 2.45) is 0 Å². The predicted molar refractivity (Wildman–Crippen MR) is 84.4 cm³/mol. The van der Waals surface area contributed by atoms with Gasteiger partial charge in [0.25, 0.3) is 5.69 Å². The van der Waals surface area contributed by atoms with Crippen LogP contribution >= 0.6 is 22.9 Å². The first kappa shape index (κ1) is 15.8. The molecule has 1 N–H and O–H groups in total. The van der Waals surface area contributed by atoms with Crippen LogP contribution < -0.4 is 10.1 Å². The summed E-state index contributed by atoms with van der Waals surface area (Å²) < 4.78 is 5.86. The van der Waals surface area contributed by atoms with Crippen molar-refractivity contribution in [3.05, 3.63) is 55.2 Å². The molecule has 21 heavy (non-hydrogen) atoms. The molecule has 1 aromatic heterocycles. The fourth-order valence-corrected chi connectivity index (χ4v) is 2.99. The molecule has 0 atom stereocenters. The molecule has 0 spiro atoms. The molecule has 112 valence electrons. The van der Waals surface area contributed by atoms with Crippen molar-refractivity contribution in [1.82, 2.24) is 5.32 Å². The number of halogens is 1. The Labute approximate surface area is 131 Å². The van der Waals surface area contributed by atoms with Crippen molar-refractivity contribution in [3.8, 4) is 5.75 Å². The van der Waals surface area contributed by atoms with Crippen LogP contribution in [0.4, 0.5) is 5.69 Å². The monoisotopic (exact) mass is 326 g/mol. The van der Waals surface area contributed by atoms with Crippen LogP contribution in [0, 0.1) is 10.1 Å². The predicted octanol–water partition coefficient (Wildman–Crippen LogP) is 3.65. The number of non-ortho nitro benzene ring substituents is 1. The summed E-state index contributed by atoms with van der Waals surface area (Å²) in [6.07, 6.45) is 0.878. The minimum atomic E-state index is -0.417. The second-order valence-corrected chi connectivity index (χ2v) is 6.23. The maximum Gasteiger partial charge on any atom is 0.273 e. The molecule has 0 radical (unpaired) electrons. The highest BCUT2D eigenvalue weighted by molar-refractivity contribution is 7.16. The maximum atomic E-state index is 10.9. The molecule has 0 aliphatic rings. The van der Waals surface area contributed by atoms with E-state index in [4.69, 9.17) is 16.3 Å². The first-order chi connectivity index (χ1) is 10.1. The molecule has 0 aliphatic carbocycles. The van der Waals surface area contributed by atoms with Crippen LogP contribution in [-0.4, -0.2) is 18.6 Å². The van der Waals surface area contributed by atoms with Gasteiger partial charge in [0.05, 0.1) is 22.4 Å². The minimum Gasteiger partial charge on any atom is -0.496 e. The van der Waals surface area contributed by atoms with Crippen molar-refractivity contribution < 1.29 is 9.66 Å². The van der Waals surface area contributed by atoms with Crippen LogP contribution in [0.5, 0.6) is 5.75 Å². The molecule has 0 unspecified atom stereocenters. The quantitative estimate of drug-likeness (QED) is 0.479. The molecule has 0 saturated carbocycles. The van der Waals surface area contributed by atoms with E-state index in [1.165, 1.54) is 18.1 Å². The first-order valence-corrected chi connectivity index (χ1v) is 7.55. The number of rotatable bonds is 7. The zero-order valence-electron chi connectivity index (χ0n) is 11.5. The summed E-state index contributed by atoms with van der Waals surface area (Å²) in [6.45, 7) is 1.33. The maximum absolute atomic E-state index is 10.9. The van der Waals surface area contributed by atoms with E-state index in [1.807, 2.05) is 12.1 Å². The molecule has 5 nitrogen and oxygen atoms in total. The van der Waals surface area contributed by atoms with E-state index in [1.54, 1.807) is 23.5 Å². The van der Waals surface area contributed by atoms with E-state index < -0.39 is 4.92 Å². The first-order valence-electron chi connectivity index (χ1n) is 6.36. The van der Waals surface area contributed by atoms with Gasteiger partial charge in [-0.3, -0.25) is 10.1 Å². The van der Waals surface area contributed by atoms with Crippen molar-refractivity contribution in [2.45, 2.75) is 13.0 Å². The standard InChI is InChI=1S/C14H15ClN2O3S/c1-20-12-7-10(6-11(8-12)17(18)19)9-16-5-4-13-2-3-14(15)21-13/h2-3,6-8,16H,4-5,9H2,1H3. The van der Waals surface area contributed by atoms with E-state index in [0.29, 0.717) is 12.3 Å². The fourth-order valence-electron chi connectivity index (χ4n) is 1.90. The van der Waals surface area contributed by atoms with Crippen LogP contribution in [-0.2, 0) is 13.0 Å². The lowest BCUT2D eigenvalue weighted by atomic mass is 10.2. The number of ether oxygens (including phenoxy) is 1. The molecular formula is C14H15ClN2O3S. The molecule has 0 fully saturated rings. The Morgan fingerprint density at radius 1 is 1.38 bits per heavy atom. The number of thiophene rings is 1. The van der Waals surface area contributed by atoms with Gasteiger partial charge in [0.2, 0.25) is 0 Å². The van der Waals surface area contributed by atoms with E-state index >= 15 is 0 Å². The smallest absolute Gasteiger partial charge is 0.273 e. The fraction of sp³-hybridized carbons (Fsp3) is 0.286. The zero-order valence-corrected chi connectivity index (χ0v) is 13.0. The lowest BCUT2D eigenvalue weighted by molar-refractivity contribution is -0.385. The Hall–Kier alpha value is -1.63. The van der Waals surface area contributed by atoms with E-state index in [0.717, 1.165) is 22.9 Å². The number of nitrogens with one attached hydrogen (secondary N) is 1. The lowest BCUT2D eigenvalue weighted by Crippen LogP contribution is -2.16. The largest absolute Gasteiger partial charge is 0.496 e. The Balaban J connectivity index is 1.90. The summed E-state index contributed by atoms with van der Waals surface area (Å²) in [5.41, 5.74) is 0.862. The van der Waals surface area contributed by atoms with E-state index in [9.17, 15) is 10.1 Å².